The Labute approximate surface area is 134 Å². The summed E-state index contributed by atoms with van der Waals surface area (Å²) < 4.78 is 11.8. The van der Waals surface area contributed by atoms with Gasteiger partial charge in [-0.2, -0.15) is 0 Å². The van der Waals surface area contributed by atoms with E-state index in [0.717, 1.165) is 5.56 Å². The average molecular weight is 314 g/mol. The highest BCUT2D eigenvalue weighted by molar-refractivity contribution is 5.88. The molecule has 2 aromatic rings. The van der Waals surface area contributed by atoms with Gasteiger partial charge in [-0.15, -0.1) is 0 Å². The van der Waals surface area contributed by atoms with Gasteiger partial charge in [0.05, 0.1) is 31.6 Å². The Balaban J connectivity index is 1.71. The van der Waals surface area contributed by atoms with E-state index in [2.05, 4.69) is 9.72 Å². The fourth-order valence-electron chi connectivity index (χ4n) is 2.56. The van der Waals surface area contributed by atoms with Gasteiger partial charge in [-0.05, 0) is 12.5 Å². The second-order valence-electron chi connectivity index (χ2n) is 5.58. The van der Waals surface area contributed by atoms with Crippen LogP contribution in [-0.2, 0) is 14.3 Å². The summed E-state index contributed by atoms with van der Waals surface area (Å²) in [5.41, 5.74) is 1.44. The average Bonchev–Trinajstić information content (AvgIpc) is 3.16. The summed E-state index contributed by atoms with van der Waals surface area (Å²) in [4.78, 5) is 27.8. The molecule has 23 heavy (non-hydrogen) atoms. The Hall–Kier alpha value is -2.63. The van der Waals surface area contributed by atoms with Crippen molar-refractivity contribution in [2.75, 3.05) is 7.11 Å². The Morgan fingerprint density at radius 2 is 2.04 bits per heavy atom. The second kappa shape index (κ2) is 6.24. The van der Waals surface area contributed by atoms with Crippen molar-refractivity contribution in [2.24, 2.45) is 5.92 Å². The van der Waals surface area contributed by atoms with Crippen molar-refractivity contribution in [1.82, 2.24) is 9.55 Å². The molecule has 1 aromatic carbocycles. The number of aromatic nitrogens is 2. The molecule has 1 fully saturated rings. The van der Waals surface area contributed by atoms with Crippen LogP contribution in [0.5, 0.6) is 0 Å². The van der Waals surface area contributed by atoms with Gasteiger partial charge in [0.15, 0.2) is 0 Å². The largest absolute Gasteiger partial charge is 0.469 e. The first-order chi connectivity index (χ1) is 11.1. The zero-order valence-electron chi connectivity index (χ0n) is 13.0. The highest BCUT2D eigenvalue weighted by Crippen LogP contribution is 2.35. The number of nitrogens with zero attached hydrogens (tertiary/aromatic N) is 2. The van der Waals surface area contributed by atoms with Crippen molar-refractivity contribution < 1.29 is 19.1 Å². The Kier molecular flexibility index (Phi) is 4.14. The molecule has 3 rings (SSSR count). The first-order valence-corrected chi connectivity index (χ1v) is 7.47. The predicted molar refractivity (Wildman–Crippen MR) is 81.8 cm³/mol. The first kappa shape index (κ1) is 15.3. The molecule has 120 valence electrons. The van der Waals surface area contributed by atoms with Crippen molar-refractivity contribution in [2.45, 2.75) is 25.5 Å². The molecule has 2 unspecified atom stereocenters. The van der Waals surface area contributed by atoms with Crippen LogP contribution in [0.3, 0.4) is 0 Å². The van der Waals surface area contributed by atoms with Crippen molar-refractivity contribution >= 4 is 11.9 Å². The van der Waals surface area contributed by atoms with E-state index >= 15 is 0 Å². The van der Waals surface area contributed by atoms with Crippen molar-refractivity contribution in [3.8, 4) is 0 Å². The molecule has 0 bridgehead atoms. The number of imidazole rings is 1. The van der Waals surface area contributed by atoms with E-state index in [1.807, 2.05) is 37.3 Å². The maximum Gasteiger partial charge on any atom is 0.356 e. The lowest BCUT2D eigenvalue weighted by Crippen LogP contribution is -2.18. The third-order valence-corrected chi connectivity index (χ3v) is 4.07. The normalized spacial score (nSPS) is 20.6. The van der Waals surface area contributed by atoms with Crippen LogP contribution in [0.1, 0.15) is 35.4 Å². The van der Waals surface area contributed by atoms with Crippen LogP contribution >= 0.6 is 0 Å². The number of hydrogen-bond acceptors (Lipinski definition) is 5. The summed E-state index contributed by atoms with van der Waals surface area (Å²) in [5, 5.41) is 0. The van der Waals surface area contributed by atoms with Gasteiger partial charge < -0.3 is 14.0 Å². The van der Waals surface area contributed by atoms with Gasteiger partial charge in [-0.25, -0.2) is 9.78 Å². The highest BCUT2D eigenvalue weighted by atomic mass is 16.6. The lowest BCUT2D eigenvalue weighted by atomic mass is 10.1. The van der Waals surface area contributed by atoms with Crippen LogP contribution in [0.15, 0.2) is 42.9 Å². The summed E-state index contributed by atoms with van der Waals surface area (Å²) in [7, 11) is 1.33. The van der Waals surface area contributed by atoms with Gasteiger partial charge in [0.25, 0.3) is 0 Å². The molecule has 3 atom stereocenters. The Morgan fingerprint density at radius 3 is 2.74 bits per heavy atom. The summed E-state index contributed by atoms with van der Waals surface area (Å²) in [6.45, 7) is 1.99. The van der Waals surface area contributed by atoms with Crippen LogP contribution in [0.4, 0.5) is 0 Å². The highest BCUT2D eigenvalue weighted by Gasteiger charge is 2.47. The Bertz CT molecular complexity index is 710. The topological polar surface area (TPSA) is 70.4 Å². The smallest absolute Gasteiger partial charge is 0.356 e. The molecule has 1 aliphatic rings. The molecule has 6 heteroatoms. The number of carbonyl (C=O) groups excluding carboxylic acids is 2. The molecular formula is C17H18N2O4. The number of methoxy groups -OCH3 is 1. The molecular weight excluding hydrogens is 296 g/mol. The standard InChI is InChI=1S/C17H18N2O4/c1-11(12-6-4-3-5-7-12)19-10-18-9-14(19)17(21)23-15-8-13(15)16(20)22-2/h3-7,9-11,13,15H,8H2,1-2H3/t11-,13?,15?/m1/s1. The lowest BCUT2D eigenvalue weighted by Gasteiger charge is -2.16. The molecule has 1 heterocycles. The maximum absolute atomic E-state index is 12.3. The quantitative estimate of drug-likeness (QED) is 0.791. The van der Waals surface area contributed by atoms with Gasteiger partial charge in [-0.3, -0.25) is 4.79 Å². The van der Waals surface area contributed by atoms with E-state index in [-0.39, 0.29) is 17.9 Å². The lowest BCUT2D eigenvalue weighted by molar-refractivity contribution is -0.142. The van der Waals surface area contributed by atoms with E-state index in [1.165, 1.54) is 13.3 Å². The predicted octanol–water partition coefficient (Wildman–Crippen LogP) is 2.21. The van der Waals surface area contributed by atoms with E-state index in [4.69, 9.17) is 4.74 Å². The summed E-state index contributed by atoms with van der Waals surface area (Å²) >= 11 is 0. The van der Waals surface area contributed by atoms with Gasteiger partial charge in [-0.1, -0.05) is 30.3 Å². The minimum atomic E-state index is -0.471. The molecule has 0 amide bonds. The zero-order chi connectivity index (χ0) is 16.4. The third kappa shape index (κ3) is 3.11. The molecule has 0 radical (unpaired) electrons. The number of esters is 2. The van der Waals surface area contributed by atoms with Crippen molar-refractivity contribution in [1.29, 1.82) is 0 Å². The molecule has 1 aromatic heterocycles. The van der Waals surface area contributed by atoms with Crippen molar-refractivity contribution in [3.63, 3.8) is 0 Å². The fraction of sp³-hybridized carbons (Fsp3) is 0.353. The van der Waals surface area contributed by atoms with Crippen LogP contribution in [0.2, 0.25) is 0 Å². The molecule has 1 aliphatic carbocycles. The number of ether oxygens (including phenoxy) is 2. The van der Waals surface area contributed by atoms with Gasteiger partial charge in [0, 0.05) is 6.42 Å². The van der Waals surface area contributed by atoms with Crippen LogP contribution in [-0.4, -0.2) is 34.7 Å². The third-order valence-electron chi connectivity index (χ3n) is 4.07. The molecule has 0 aliphatic heterocycles. The van der Waals surface area contributed by atoms with Gasteiger partial charge in [0.1, 0.15) is 11.8 Å². The van der Waals surface area contributed by atoms with Crippen LogP contribution in [0, 0.1) is 5.92 Å². The van der Waals surface area contributed by atoms with Crippen LogP contribution < -0.4 is 0 Å². The summed E-state index contributed by atoms with van der Waals surface area (Å²) in [6, 6.07) is 9.79. The SMILES string of the molecule is COC(=O)C1CC1OC(=O)c1cncn1[C@H](C)c1ccccc1. The van der Waals surface area contributed by atoms with E-state index in [0.29, 0.717) is 12.1 Å². The molecule has 6 nitrogen and oxygen atoms in total. The Morgan fingerprint density at radius 1 is 1.30 bits per heavy atom. The van der Waals surface area contributed by atoms with Crippen molar-refractivity contribution in [3.05, 3.63) is 54.1 Å². The van der Waals surface area contributed by atoms with Gasteiger partial charge >= 0.3 is 11.9 Å². The van der Waals surface area contributed by atoms with E-state index in [9.17, 15) is 9.59 Å². The summed E-state index contributed by atoms with van der Waals surface area (Å²) in [6.07, 6.45) is 3.21. The monoisotopic (exact) mass is 314 g/mol. The van der Waals surface area contributed by atoms with Crippen LogP contribution in [0.25, 0.3) is 0 Å². The maximum atomic E-state index is 12.3. The molecule has 0 saturated heterocycles. The number of benzene rings is 1. The minimum Gasteiger partial charge on any atom is -0.469 e. The molecule has 1 saturated carbocycles. The summed E-state index contributed by atoms with van der Waals surface area (Å²) in [5.74, 6) is -1.15. The van der Waals surface area contributed by atoms with Gasteiger partial charge in [0.2, 0.25) is 0 Å². The number of hydrogen-bond donors (Lipinski definition) is 0. The minimum absolute atomic E-state index is 0.0446. The molecule has 0 spiro atoms. The van der Waals surface area contributed by atoms with E-state index in [1.54, 1.807) is 10.9 Å². The molecule has 0 N–H and O–H groups in total. The number of carbonyl (C=O) groups is 2. The fourth-order valence-corrected chi connectivity index (χ4v) is 2.56. The number of rotatable bonds is 5. The first-order valence-electron chi connectivity index (χ1n) is 7.47. The zero-order valence-corrected chi connectivity index (χ0v) is 13.0. The second-order valence-corrected chi connectivity index (χ2v) is 5.58. The van der Waals surface area contributed by atoms with E-state index < -0.39 is 12.1 Å².